The molecule has 20 heavy (non-hydrogen) atoms. The molecule has 106 valence electrons. The molecule has 5 heteroatoms. The third kappa shape index (κ3) is 3.47. The van der Waals surface area contributed by atoms with E-state index >= 15 is 0 Å². The lowest BCUT2D eigenvalue weighted by molar-refractivity contribution is -0.125. The third-order valence-corrected chi connectivity index (χ3v) is 3.62. The predicted molar refractivity (Wildman–Crippen MR) is 77.2 cm³/mol. The van der Waals surface area contributed by atoms with Crippen LogP contribution in [-0.2, 0) is 4.79 Å². The molecular formula is C15H20N4O. The average molecular weight is 272 g/mol. The largest absolute Gasteiger partial charge is 0.357 e. The SMILES string of the molecule is CCCNC(=O)C1CCN(c2ccc(C#N)cn2)CC1. The number of carbonyl (C=O) groups excluding carboxylic acids is 1. The molecular weight excluding hydrogens is 252 g/mol. The van der Waals surface area contributed by atoms with E-state index < -0.39 is 0 Å². The Bertz CT molecular complexity index is 484. The maximum atomic E-state index is 11.9. The van der Waals surface area contributed by atoms with Gasteiger partial charge in [0.25, 0.3) is 0 Å². The number of hydrogen-bond donors (Lipinski definition) is 1. The Morgan fingerprint density at radius 1 is 1.50 bits per heavy atom. The Kier molecular flexibility index (Phi) is 4.94. The molecule has 5 nitrogen and oxygen atoms in total. The van der Waals surface area contributed by atoms with Crippen LogP contribution in [0, 0.1) is 17.2 Å². The summed E-state index contributed by atoms with van der Waals surface area (Å²) in [4.78, 5) is 18.4. The van der Waals surface area contributed by atoms with E-state index in [0.717, 1.165) is 44.7 Å². The molecule has 0 bridgehead atoms. The Hall–Kier alpha value is -2.09. The molecule has 1 saturated heterocycles. The summed E-state index contributed by atoms with van der Waals surface area (Å²) in [5.74, 6) is 1.19. The highest BCUT2D eigenvalue weighted by Gasteiger charge is 2.25. The second-order valence-corrected chi connectivity index (χ2v) is 5.07. The highest BCUT2D eigenvalue weighted by atomic mass is 16.1. The number of rotatable bonds is 4. The first-order chi connectivity index (χ1) is 9.74. The summed E-state index contributed by atoms with van der Waals surface area (Å²) in [6.45, 7) is 4.49. The van der Waals surface area contributed by atoms with Crippen molar-refractivity contribution in [3.05, 3.63) is 23.9 Å². The van der Waals surface area contributed by atoms with E-state index in [1.165, 1.54) is 0 Å². The molecule has 2 heterocycles. The van der Waals surface area contributed by atoms with Crippen molar-refractivity contribution >= 4 is 11.7 Å². The summed E-state index contributed by atoms with van der Waals surface area (Å²) in [5, 5.41) is 11.7. The fourth-order valence-corrected chi connectivity index (χ4v) is 2.40. The molecule has 0 atom stereocenters. The number of piperidine rings is 1. The van der Waals surface area contributed by atoms with Crippen molar-refractivity contribution in [2.75, 3.05) is 24.5 Å². The summed E-state index contributed by atoms with van der Waals surface area (Å²) in [7, 11) is 0. The molecule has 0 saturated carbocycles. The monoisotopic (exact) mass is 272 g/mol. The zero-order valence-corrected chi connectivity index (χ0v) is 11.8. The summed E-state index contributed by atoms with van der Waals surface area (Å²) in [6, 6.07) is 5.72. The normalized spacial score (nSPS) is 15.7. The van der Waals surface area contributed by atoms with Gasteiger partial charge in [-0.1, -0.05) is 6.92 Å². The van der Waals surface area contributed by atoms with E-state index in [4.69, 9.17) is 5.26 Å². The lowest BCUT2D eigenvalue weighted by atomic mass is 9.96. The van der Waals surface area contributed by atoms with E-state index in [2.05, 4.69) is 28.2 Å². The standard InChI is InChI=1S/C15H20N4O/c1-2-7-17-15(20)13-5-8-19(9-6-13)14-4-3-12(10-16)11-18-14/h3-4,11,13H,2,5-9H2,1H3,(H,17,20). The number of nitriles is 1. The number of anilines is 1. The van der Waals surface area contributed by atoms with Crippen molar-refractivity contribution in [2.45, 2.75) is 26.2 Å². The van der Waals surface area contributed by atoms with Crippen LogP contribution in [-0.4, -0.2) is 30.5 Å². The third-order valence-electron chi connectivity index (χ3n) is 3.62. The maximum absolute atomic E-state index is 11.9. The van der Waals surface area contributed by atoms with Crippen molar-refractivity contribution < 1.29 is 4.79 Å². The smallest absolute Gasteiger partial charge is 0.223 e. The lowest BCUT2D eigenvalue weighted by Gasteiger charge is -2.32. The van der Waals surface area contributed by atoms with Crippen molar-refractivity contribution in [2.24, 2.45) is 5.92 Å². The topological polar surface area (TPSA) is 69.0 Å². The molecule has 0 spiro atoms. The lowest BCUT2D eigenvalue weighted by Crippen LogP contribution is -2.41. The highest BCUT2D eigenvalue weighted by molar-refractivity contribution is 5.78. The second-order valence-electron chi connectivity index (χ2n) is 5.07. The number of hydrogen-bond acceptors (Lipinski definition) is 4. The van der Waals surface area contributed by atoms with Crippen molar-refractivity contribution in [3.63, 3.8) is 0 Å². The van der Waals surface area contributed by atoms with E-state index in [9.17, 15) is 4.79 Å². The second kappa shape index (κ2) is 6.90. The molecule has 0 aromatic carbocycles. The molecule has 1 aromatic heterocycles. The van der Waals surface area contributed by atoms with Gasteiger partial charge in [0.1, 0.15) is 11.9 Å². The fourth-order valence-electron chi connectivity index (χ4n) is 2.40. The Labute approximate surface area is 119 Å². The molecule has 1 aliphatic rings. The first kappa shape index (κ1) is 14.3. The molecule has 1 aromatic rings. The molecule has 0 radical (unpaired) electrons. The van der Waals surface area contributed by atoms with Gasteiger partial charge in [0.2, 0.25) is 5.91 Å². The minimum Gasteiger partial charge on any atom is -0.357 e. The van der Waals surface area contributed by atoms with Gasteiger partial charge in [0.15, 0.2) is 0 Å². The first-order valence-corrected chi connectivity index (χ1v) is 7.13. The number of nitrogens with zero attached hydrogens (tertiary/aromatic N) is 3. The summed E-state index contributed by atoms with van der Waals surface area (Å²) >= 11 is 0. The molecule has 1 amide bonds. The Morgan fingerprint density at radius 3 is 2.80 bits per heavy atom. The number of aromatic nitrogens is 1. The number of nitrogens with one attached hydrogen (secondary N) is 1. The van der Waals surface area contributed by atoms with Gasteiger partial charge in [-0.15, -0.1) is 0 Å². The maximum Gasteiger partial charge on any atom is 0.223 e. The van der Waals surface area contributed by atoms with Crippen LogP contribution >= 0.6 is 0 Å². The summed E-state index contributed by atoms with van der Waals surface area (Å²) in [5.41, 5.74) is 0.572. The van der Waals surface area contributed by atoms with Gasteiger partial charge >= 0.3 is 0 Å². The van der Waals surface area contributed by atoms with Crippen molar-refractivity contribution in [1.82, 2.24) is 10.3 Å². The summed E-state index contributed by atoms with van der Waals surface area (Å²) < 4.78 is 0. The minimum atomic E-state index is 0.121. The fraction of sp³-hybridized carbons (Fsp3) is 0.533. The number of pyridine rings is 1. The van der Waals surface area contributed by atoms with Crippen LogP contribution in [0.1, 0.15) is 31.7 Å². The quantitative estimate of drug-likeness (QED) is 0.905. The van der Waals surface area contributed by atoms with Crippen molar-refractivity contribution in [3.8, 4) is 6.07 Å². The van der Waals surface area contributed by atoms with Gasteiger partial charge in [-0.25, -0.2) is 4.98 Å². The molecule has 0 aliphatic carbocycles. The minimum absolute atomic E-state index is 0.121. The van der Waals surface area contributed by atoms with Crippen LogP contribution in [0.25, 0.3) is 0 Å². The first-order valence-electron chi connectivity index (χ1n) is 7.13. The Balaban J connectivity index is 1.87. The van der Waals surface area contributed by atoms with E-state index in [1.807, 2.05) is 6.07 Å². The van der Waals surface area contributed by atoms with E-state index in [1.54, 1.807) is 12.3 Å². The molecule has 2 rings (SSSR count). The molecule has 1 N–H and O–H groups in total. The van der Waals surface area contributed by atoms with Crippen LogP contribution < -0.4 is 10.2 Å². The van der Waals surface area contributed by atoms with Gasteiger partial charge < -0.3 is 10.2 Å². The zero-order chi connectivity index (χ0) is 14.4. The van der Waals surface area contributed by atoms with E-state index in [0.29, 0.717) is 5.56 Å². The average Bonchev–Trinajstić information content (AvgIpc) is 2.53. The predicted octanol–water partition coefficient (Wildman–Crippen LogP) is 1.70. The van der Waals surface area contributed by atoms with Gasteiger partial charge in [0, 0.05) is 31.7 Å². The molecule has 0 unspecified atom stereocenters. The van der Waals surface area contributed by atoms with Crippen LogP contribution in [0.2, 0.25) is 0 Å². The van der Waals surface area contributed by atoms with Crippen LogP contribution in [0.4, 0.5) is 5.82 Å². The highest BCUT2D eigenvalue weighted by Crippen LogP contribution is 2.22. The van der Waals surface area contributed by atoms with Gasteiger partial charge in [0.05, 0.1) is 5.56 Å². The van der Waals surface area contributed by atoms with Crippen molar-refractivity contribution in [1.29, 1.82) is 5.26 Å². The van der Waals surface area contributed by atoms with Crippen LogP contribution in [0.15, 0.2) is 18.3 Å². The van der Waals surface area contributed by atoms with Crippen LogP contribution in [0.5, 0.6) is 0 Å². The zero-order valence-electron chi connectivity index (χ0n) is 11.8. The van der Waals surface area contributed by atoms with Gasteiger partial charge in [-0.05, 0) is 31.4 Å². The van der Waals surface area contributed by atoms with Crippen LogP contribution in [0.3, 0.4) is 0 Å². The van der Waals surface area contributed by atoms with Gasteiger partial charge in [-0.3, -0.25) is 4.79 Å². The number of carbonyl (C=O) groups is 1. The Morgan fingerprint density at radius 2 is 2.25 bits per heavy atom. The van der Waals surface area contributed by atoms with E-state index in [-0.39, 0.29) is 11.8 Å². The molecule has 1 fully saturated rings. The summed E-state index contributed by atoms with van der Waals surface area (Å²) in [6.07, 6.45) is 4.28. The molecule has 1 aliphatic heterocycles. The van der Waals surface area contributed by atoms with Gasteiger partial charge in [-0.2, -0.15) is 5.26 Å². The number of amides is 1.